The second-order valence-electron chi connectivity index (χ2n) is 7.92. The third kappa shape index (κ3) is 3.52. The molecule has 0 aromatic carbocycles. The number of nitrogens with zero attached hydrogens (tertiary/aromatic N) is 1. The van der Waals surface area contributed by atoms with Crippen LogP contribution in [0.25, 0.3) is 0 Å². The van der Waals surface area contributed by atoms with E-state index in [9.17, 15) is 19.2 Å². The van der Waals surface area contributed by atoms with Crippen molar-refractivity contribution in [1.29, 1.82) is 0 Å². The van der Waals surface area contributed by atoms with Gasteiger partial charge in [-0.25, -0.2) is 9.59 Å². The van der Waals surface area contributed by atoms with Crippen molar-refractivity contribution >= 4 is 40.2 Å². The van der Waals surface area contributed by atoms with Crippen LogP contribution in [0, 0.1) is 0 Å². The number of amides is 4. The SMILES string of the molecule is COC(=O)c1c(NC(=O)CN2C(=O)NC3(CCCC3)C2=O)sc2c1CCCCC2. The summed E-state index contributed by atoms with van der Waals surface area (Å²) in [7, 11) is 1.32. The smallest absolute Gasteiger partial charge is 0.341 e. The summed E-state index contributed by atoms with van der Waals surface area (Å²) >= 11 is 1.39. The van der Waals surface area contributed by atoms with E-state index in [1.807, 2.05) is 0 Å². The van der Waals surface area contributed by atoms with Gasteiger partial charge in [-0.1, -0.05) is 19.3 Å². The summed E-state index contributed by atoms with van der Waals surface area (Å²) in [6.45, 7) is -0.365. The topological polar surface area (TPSA) is 105 Å². The average molecular weight is 420 g/mol. The van der Waals surface area contributed by atoms with Gasteiger partial charge in [-0.05, 0) is 44.1 Å². The molecular formula is C20H25N3O5S. The highest BCUT2D eigenvalue weighted by atomic mass is 32.1. The van der Waals surface area contributed by atoms with E-state index in [-0.39, 0.29) is 12.5 Å². The molecular weight excluding hydrogens is 394 g/mol. The Morgan fingerprint density at radius 2 is 1.86 bits per heavy atom. The summed E-state index contributed by atoms with van der Waals surface area (Å²) in [5, 5.41) is 5.97. The van der Waals surface area contributed by atoms with Crippen LogP contribution in [0.4, 0.5) is 9.80 Å². The molecule has 1 aromatic heterocycles. The molecule has 156 valence electrons. The van der Waals surface area contributed by atoms with Gasteiger partial charge in [-0.3, -0.25) is 14.5 Å². The lowest BCUT2D eigenvalue weighted by atomic mass is 9.98. The van der Waals surface area contributed by atoms with Crippen molar-refractivity contribution in [2.75, 3.05) is 19.0 Å². The molecule has 8 nitrogen and oxygen atoms in total. The van der Waals surface area contributed by atoms with Gasteiger partial charge in [0, 0.05) is 4.88 Å². The van der Waals surface area contributed by atoms with Crippen molar-refractivity contribution < 1.29 is 23.9 Å². The number of aryl methyl sites for hydroxylation is 1. The van der Waals surface area contributed by atoms with E-state index in [4.69, 9.17) is 4.74 Å². The summed E-state index contributed by atoms with van der Waals surface area (Å²) in [5.74, 6) is -1.30. The van der Waals surface area contributed by atoms with Crippen molar-refractivity contribution in [3.8, 4) is 0 Å². The number of carbonyl (C=O) groups is 4. The van der Waals surface area contributed by atoms with E-state index in [0.717, 1.165) is 60.3 Å². The molecule has 9 heteroatoms. The van der Waals surface area contributed by atoms with Crippen molar-refractivity contribution in [2.24, 2.45) is 0 Å². The summed E-state index contributed by atoms with van der Waals surface area (Å²) in [6, 6.07) is -0.526. The minimum atomic E-state index is -0.838. The van der Waals surface area contributed by atoms with Crippen molar-refractivity contribution in [3.05, 3.63) is 16.0 Å². The number of esters is 1. The van der Waals surface area contributed by atoms with Crippen LogP contribution in [0.2, 0.25) is 0 Å². The second-order valence-corrected chi connectivity index (χ2v) is 9.02. The highest BCUT2D eigenvalue weighted by molar-refractivity contribution is 7.17. The molecule has 0 unspecified atom stereocenters. The predicted octanol–water partition coefficient (Wildman–Crippen LogP) is 2.61. The Kier molecular flexibility index (Phi) is 5.33. The highest BCUT2D eigenvalue weighted by Gasteiger charge is 2.52. The maximum absolute atomic E-state index is 12.7. The molecule has 1 aromatic rings. The first-order valence-electron chi connectivity index (χ1n) is 10.1. The quantitative estimate of drug-likeness (QED) is 0.443. The summed E-state index contributed by atoms with van der Waals surface area (Å²) in [4.78, 5) is 52.2. The van der Waals surface area contributed by atoms with Gasteiger partial charge in [0.15, 0.2) is 0 Å². The van der Waals surface area contributed by atoms with Crippen molar-refractivity contribution in [1.82, 2.24) is 10.2 Å². The third-order valence-corrected chi connectivity index (χ3v) is 7.28. The second kappa shape index (κ2) is 7.78. The summed E-state index contributed by atoms with van der Waals surface area (Å²) in [5.41, 5.74) is 0.524. The van der Waals surface area contributed by atoms with Crippen LogP contribution in [0.3, 0.4) is 0 Å². The predicted molar refractivity (Wildman–Crippen MR) is 107 cm³/mol. The Hall–Kier alpha value is -2.42. The Bertz CT molecular complexity index is 872. The third-order valence-electron chi connectivity index (χ3n) is 6.07. The van der Waals surface area contributed by atoms with Gasteiger partial charge in [-0.2, -0.15) is 0 Å². The largest absolute Gasteiger partial charge is 0.465 e. The number of imide groups is 1. The Morgan fingerprint density at radius 1 is 1.14 bits per heavy atom. The molecule has 1 aliphatic heterocycles. The Labute approximate surface area is 173 Å². The average Bonchev–Trinajstić information content (AvgIpc) is 3.30. The minimum Gasteiger partial charge on any atom is -0.465 e. The van der Waals surface area contributed by atoms with Gasteiger partial charge in [0.25, 0.3) is 5.91 Å². The number of hydrogen-bond acceptors (Lipinski definition) is 6. The maximum atomic E-state index is 12.7. The number of rotatable bonds is 4. The molecule has 2 fully saturated rings. The zero-order valence-corrected chi connectivity index (χ0v) is 17.3. The van der Waals surface area contributed by atoms with E-state index in [2.05, 4.69) is 10.6 Å². The van der Waals surface area contributed by atoms with Crippen LogP contribution in [0.1, 0.15) is 65.7 Å². The first kappa shape index (κ1) is 19.9. The van der Waals surface area contributed by atoms with Crippen LogP contribution in [-0.2, 0) is 27.2 Å². The zero-order chi connectivity index (χ0) is 20.6. The van der Waals surface area contributed by atoms with Crippen LogP contribution < -0.4 is 10.6 Å². The molecule has 1 saturated carbocycles. The van der Waals surface area contributed by atoms with Gasteiger partial charge in [0.1, 0.15) is 17.1 Å². The van der Waals surface area contributed by atoms with Crippen LogP contribution >= 0.6 is 11.3 Å². The molecule has 0 atom stereocenters. The number of urea groups is 1. The van der Waals surface area contributed by atoms with Gasteiger partial charge in [0.05, 0.1) is 12.7 Å². The molecule has 3 aliphatic rings. The number of fused-ring (bicyclic) bond motifs is 1. The minimum absolute atomic E-state index is 0.328. The van der Waals surface area contributed by atoms with E-state index < -0.39 is 23.4 Å². The Morgan fingerprint density at radius 3 is 2.59 bits per heavy atom. The fraction of sp³-hybridized carbons (Fsp3) is 0.600. The standard InChI is InChI=1S/C20H25N3O5S/c1-28-17(25)15-12-7-3-2-4-8-13(12)29-16(15)21-14(24)11-23-18(26)20(22-19(23)27)9-5-6-10-20/h2-11H2,1H3,(H,21,24)(H,22,27). The number of thiophene rings is 1. The number of ether oxygens (including phenoxy) is 1. The number of methoxy groups -OCH3 is 1. The monoisotopic (exact) mass is 419 g/mol. The fourth-order valence-corrected chi connectivity index (χ4v) is 5.89. The summed E-state index contributed by atoms with van der Waals surface area (Å²) in [6.07, 6.45) is 7.79. The lowest BCUT2D eigenvalue weighted by Crippen LogP contribution is -2.44. The highest BCUT2D eigenvalue weighted by Crippen LogP contribution is 2.38. The number of anilines is 1. The van der Waals surface area contributed by atoms with Crippen LogP contribution in [0.15, 0.2) is 0 Å². The van der Waals surface area contributed by atoms with E-state index in [0.29, 0.717) is 23.4 Å². The molecule has 4 rings (SSSR count). The first-order valence-corrected chi connectivity index (χ1v) is 10.9. The molecule has 4 amide bonds. The molecule has 0 bridgehead atoms. The molecule has 2 heterocycles. The first-order chi connectivity index (χ1) is 13.9. The number of hydrogen-bond donors (Lipinski definition) is 2. The maximum Gasteiger partial charge on any atom is 0.341 e. The lowest BCUT2D eigenvalue weighted by molar-refractivity contribution is -0.133. The summed E-state index contributed by atoms with van der Waals surface area (Å²) < 4.78 is 4.94. The van der Waals surface area contributed by atoms with E-state index in [1.54, 1.807) is 0 Å². The van der Waals surface area contributed by atoms with Gasteiger partial charge in [0.2, 0.25) is 5.91 Å². The lowest BCUT2D eigenvalue weighted by Gasteiger charge is -2.19. The number of carbonyl (C=O) groups excluding carboxylic acids is 4. The molecule has 0 radical (unpaired) electrons. The van der Waals surface area contributed by atoms with Gasteiger partial charge >= 0.3 is 12.0 Å². The molecule has 1 spiro atoms. The van der Waals surface area contributed by atoms with Gasteiger partial charge in [-0.15, -0.1) is 11.3 Å². The molecule has 2 N–H and O–H groups in total. The molecule has 2 aliphatic carbocycles. The fourth-order valence-electron chi connectivity index (χ4n) is 4.60. The molecule has 1 saturated heterocycles. The zero-order valence-electron chi connectivity index (χ0n) is 16.5. The molecule has 29 heavy (non-hydrogen) atoms. The van der Waals surface area contributed by atoms with Crippen molar-refractivity contribution in [2.45, 2.75) is 63.3 Å². The normalized spacial score (nSPS) is 20.4. The number of nitrogens with one attached hydrogen (secondary N) is 2. The van der Waals surface area contributed by atoms with E-state index in [1.165, 1.54) is 18.4 Å². The Balaban J connectivity index is 1.52. The van der Waals surface area contributed by atoms with E-state index >= 15 is 0 Å². The van der Waals surface area contributed by atoms with Gasteiger partial charge < -0.3 is 15.4 Å². The van der Waals surface area contributed by atoms with Crippen LogP contribution in [0.5, 0.6) is 0 Å². The van der Waals surface area contributed by atoms with Crippen molar-refractivity contribution in [3.63, 3.8) is 0 Å². The van der Waals surface area contributed by atoms with Crippen LogP contribution in [-0.4, -0.2) is 47.9 Å².